The van der Waals surface area contributed by atoms with Crippen LogP contribution in [-0.2, 0) is 16.4 Å². The zero-order valence-electron chi connectivity index (χ0n) is 13.6. The number of para-hydroxylation sites is 1. The second kappa shape index (κ2) is 7.20. The van der Waals surface area contributed by atoms with Gasteiger partial charge in [-0.1, -0.05) is 24.3 Å². The van der Waals surface area contributed by atoms with E-state index in [9.17, 15) is 18.5 Å². The van der Waals surface area contributed by atoms with E-state index in [0.29, 0.717) is 6.42 Å². The number of benzene rings is 2. The lowest BCUT2D eigenvalue weighted by molar-refractivity contribution is -0.385. The Hall–Kier alpha value is -2.45. The van der Waals surface area contributed by atoms with Crippen LogP contribution in [0.4, 0.5) is 11.4 Å². The van der Waals surface area contributed by atoms with Gasteiger partial charge in [-0.05, 0) is 30.5 Å². The first kappa shape index (κ1) is 17.4. The average Bonchev–Trinajstić information content (AvgIpc) is 3.02. The van der Waals surface area contributed by atoms with Gasteiger partial charge >= 0.3 is 0 Å². The maximum Gasteiger partial charge on any atom is 0.270 e. The summed E-state index contributed by atoms with van der Waals surface area (Å²) in [5.74, 6) is 0. The van der Waals surface area contributed by atoms with Crippen molar-refractivity contribution in [2.75, 3.05) is 24.5 Å². The SMILES string of the molecule is O=[N+]([O-])c1cccc(S(=O)(=O)NCCCN2CCc3ccccc32)c1. The van der Waals surface area contributed by atoms with Crippen LogP contribution in [0.3, 0.4) is 0 Å². The molecule has 0 aliphatic carbocycles. The Labute approximate surface area is 146 Å². The molecule has 1 N–H and O–H groups in total. The van der Waals surface area contributed by atoms with Crippen LogP contribution in [0.5, 0.6) is 0 Å². The Bertz CT molecular complexity index is 883. The van der Waals surface area contributed by atoms with Gasteiger partial charge in [0.2, 0.25) is 10.0 Å². The minimum Gasteiger partial charge on any atom is -0.371 e. The largest absolute Gasteiger partial charge is 0.371 e. The molecule has 8 heteroatoms. The summed E-state index contributed by atoms with van der Waals surface area (Å²) >= 11 is 0. The molecule has 0 saturated heterocycles. The predicted octanol–water partition coefficient (Wildman–Crippen LogP) is 2.33. The molecular weight excluding hydrogens is 342 g/mol. The van der Waals surface area contributed by atoms with Gasteiger partial charge in [-0.2, -0.15) is 0 Å². The van der Waals surface area contributed by atoms with Crippen molar-refractivity contribution in [3.05, 3.63) is 64.2 Å². The Kier molecular flexibility index (Phi) is 5.00. The lowest BCUT2D eigenvalue weighted by Gasteiger charge is -2.19. The van der Waals surface area contributed by atoms with Crippen molar-refractivity contribution in [1.82, 2.24) is 4.72 Å². The lowest BCUT2D eigenvalue weighted by Crippen LogP contribution is -2.29. The molecule has 1 aliphatic heterocycles. The van der Waals surface area contributed by atoms with Crippen LogP contribution in [0.1, 0.15) is 12.0 Å². The van der Waals surface area contributed by atoms with Crippen LogP contribution in [0.15, 0.2) is 53.4 Å². The number of fused-ring (bicyclic) bond motifs is 1. The van der Waals surface area contributed by atoms with Gasteiger partial charge in [0.25, 0.3) is 5.69 Å². The molecule has 1 aliphatic rings. The highest BCUT2D eigenvalue weighted by atomic mass is 32.2. The second-order valence-electron chi connectivity index (χ2n) is 5.87. The van der Waals surface area contributed by atoms with Crippen molar-refractivity contribution >= 4 is 21.4 Å². The Balaban J connectivity index is 1.55. The molecule has 0 amide bonds. The summed E-state index contributed by atoms with van der Waals surface area (Å²) in [7, 11) is -3.75. The lowest BCUT2D eigenvalue weighted by atomic mass is 10.2. The van der Waals surface area contributed by atoms with E-state index in [0.717, 1.165) is 25.6 Å². The highest BCUT2D eigenvalue weighted by molar-refractivity contribution is 7.89. The van der Waals surface area contributed by atoms with Crippen LogP contribution in [-0.4, -0.2) is 33.0 Å². The molecule has 3 rings (SSSR count). The zero-order chi connectivity index (χ0) is 17.9. The highest BCUT2D eigenvalue weighted by Crippen LogP contribution is 2.27. The minimum atomic E-state index is -3.75. The van der Waals surface area contributed by atoms with Gasteiger partial charge in [-0.25, -0.2) is 13.1 Å². The molecule has 0 bridgehead atoms. The highest BCUT2D eigenvalue weighted by Gasteiger charge is 2.19. The molecule has 0 atom stereocenters. The molecule has 1 heterocycles. The van der Waals surface area contributed by atoms with E-state index in [1.165, 1.54) is 29.4 Å². The van der Waals surface area contributed by atoms with Gasteiger partial charge < -0.3 is 4.90 Å². The first-order valence-electron chi connectivity index (χ1n) is 8.04. The molecule has 0 saturated carbocycles. The summed E-state index contributed by atoms with van der Waals surface area (Å²) in [6.07, 6.45) is 1.66. The Morgan fingerprint density at radius 3 is 2.76 bits per heavy atom. The van der Waals surface area contributed by atoms with Crippen LogP contribution in [0.2, 0.25) is 0 Å². The quantitative estimate of drug-likeness (QED) is 0.464. The molecule has 2 aromatic rings. The van der Waals surface area contributed by atoms with Crippen LogP contribution in [0.25, 0.3) is 0 Å². The third kappa shape index (κ3) is 3.97. The van der Waals surface area contributed by atoms with E-state index in [1.807, 2.05) is 12.1 Å². The topological polar surface area (TPSA) is 92.5 Å². The molecule has 0 radical (unpaired) electrons. The van der Waals surface area contributed by atoms with E-state index >= 15 is 0 Å². The number of nitrogens with zero attached hydrogens (tertiary/aromatic N) is 2. The third-order valence-electron chi connectivity index (χ3n) is 4.22. The summed E-state index contributed by atoms with van der Waals surface area (Å²) in [5.41, 5.74) is 2.29. The van der Waals surface area contributed by atoms with E-state index < -0.39 is 14.9 Å². The molecule has 0 aromatic heterocycles. The van der Waals surface area contributed by atoms with Gasteiger partial charge in [0.1, 0.15) is 0 Å². The third-order valence-corrected chi connectivity index (χ3v) is 5.68. The standard InChI is InChI=1S/C17H19N3O4S/c21-20(22)15-6-3-7-16(13-15)25(23,24)18-10-4-11-19-12-9-14-5-1-2-8-17(14)19/h1-3,5-8,13,18H,4,9-12H2. The molecule has 25 heavy (non-hydrogen) atoms. The fourth-order valence-corrected chi connectivity index (χ4v) is 4.08. The number of anilines is 1. The first-order valence-corrected chi connectivity index (χ1v) is 9.53. The van der Waals surface area contributed by atoms with Gasteiger partial charge in [0.05, 0.1) is 9.82 Å². The summed E-state index contributed by atoms with van der Waals surface area (Å²) in [5, 5.41) is 10.8. The molecule has 132 valence electrons. The number of hydrogen-bond donors (Lipinski definition) is 1. The molecule has 0 fully saturated rings. The predicted molar refractivity (Wildman–Crippen MR) is 95.3 cm³/mol. The number of non-ortho nitro benzene ring substituents is 1. The first-order chi connectivity index (χ1) is 12.0. The Morgan fingerprint density at radius 1 is 1.16 bits per heavy atom. The van der Waals surface area contributed by atoms with Crippen molar-refractivity contribution in [1.29, 1.82) is 0 Å². The Morgan fingerprint density at radius 2 is 1.96 bits per heavy atom. The summed E-state index contributed by atoms with van der Waals surface area (Å²) < 4.78 is 27.0. The van der Waals surface area contributed by atoms with Crippen molar-refractivity contribution in [2.24, 2.45) is 0 Å². The van der Waals surface area contributed by atoms with Gasteiger partial charge in [-0.3, -0.25) is 10.1 Å². The second-order valence-corrected chi connectivity index (χ2v) is 7.64. The average molecular weight is 361 g/mol. The van der Waals surface area contributed by atoms with E-state index in [4.69, 9.17) is 0 Å². The van der Waals surface area contributed by atoms with E-state index in [2.05, 4.69) is 21.8 Å². The van der Waals surface area contributed by atoms with Crippen molar-refractivity contribution in [3.8, 4) is 0 Å². The van der Waals surface area contributed by atoms with E-state index in [1.54, 1.807) is 0 Å². The molecule has 2 aromatic carbocycles. The van der Waals surface area contributed by atoms with Crippen LogP contribution < -0.4 is 9.62 Å². The van der Waals surface area contributed by atoms with Crippen LogP contribution in [0, 0.1) is 10.1 Å². The van der Waals surface area contributed by atoms with Crippen molar-refractivity contribution in [3.63, 3.8) is 0 Å². The van der Waals surface area contributed by atoms with Crippen molar-refractivity contribution < 1.29 is 13.3 Å². The zero-order valence-corrected chi connectivity index (χ0v) is 14.4. The van der Waals surface area contributed by atoms with E-state index in [-0.39, 0.29) is 17.1 Å². The molecule has 0 spiro atoms. The maximum absolute atomic E-state index is 12.3. The minimum absolute atomic E-state index is 0.0896. The summed E-state index contributed by atoms with van der Waals surface area (Å²) in [4.78, 5) is 12.3. The maximum atomic E-state index is 12.3. The fourth-order valence-electron chi connectivity index (χ4n) is 2.96. The molecule has 0 unspecified atom stereocenters. The number of nitro benzene ring substituents is 1. The number of hydrogen-bond acceptors (Lipinski definition) is 5. The molecule has 7 nitrogen and oxygen atoms in total. The fraction of sp³-hybridized carbons (Fsp3) is 0.294. The van der Waals surface area contributed by atoms with Gasteiger partial charge in [-0.15, -0.1) is 0 Å². The van der Waals surface area contributed by atoms with Gasteiger partial charge in [0, 0.05) is 37.5 Å². The normalized spacial score (nSPS) is 13.7. The van der Waals surface area contributed by atoms with Gasteiger partial charge in [0.15, 0.2) is 0 Å². The number of nitrogens with one attached hydrogen (secondary N) is 1. The number of nitro groups is 1. The van der Waals surface area contributed by atoms with Crippen LogP contribution >= 0.6 is 0 Å². The molecular formula is C17H19N3O4S. The number of sulfonamides is 1. The smallest absolute Gasteiger partial charge is 0.270 e. The summed E-state index contributed by atoms with van der Waals surface area (Å²) in [6.45, 7) is 1.98. The monoisotopic (exact) mass is 361 g/mol. The number of rotatable bonds is 7. The van der Waals surface area contributed by atoms with Crippen molar-refractivity contribution in [2.45, 2.75) is 17.7 Å². The summed E-state index contributed by atoms with van der Waals surface area (Å²) in [6, 6.07) is 13.3.